The second-order valence-electron chi connectivity index (χ2n) is 10.1. The monoisotopic (exact) mass is 474 g/mol. The van der Waals surface area contributed by atoms with Crippen LogP contribution in [0.4, 0.5) is 0 Å². The zero-order chi connectivity index (χ0) is 24.5. The molecule has 0 unspecified atom stereocenters. The fraction of sp³-hybridized carbons (Fsp3) is 0.774. The highest BCUT2D eigenvalue weighted by Crippen LogP contribution is 2.16. The summed E-state index contributed by atoms with van der Waals surface area (Å²) >= 11 is 0. The van der Waals surface area contributed by atoms with Crippen LogP contribution in [0, 0.1) is 0 Å². The van der Waals surface area contributed by atoms with Gasteiger partial charge in [0, 0.05) is 0 Å². The molecule has 196 valence electrons. The maximum Gasteiger partial charge on any atom is 0.338 e. The second-order valence-corrected chi connectivity index (χ2v) is 10.1. The number of benzene rings is 1. The SMILES string of the molecule is CCCCCCCCCCCCCCCCCCCCCCCCOC(=O)c1cccc(O)c1. The lowest BCUT2D eigenvalue weighted by Gasteiger charge is -2.06. The lowest BCUT2D eigenvalue weighted by Crippen LogP contribution is -2.06. The number of rotatable bonds is 24. The lowest BCUT2D eigenvalue weighted by atomic mass is 10.0. The molecule has 0 spiro atoms. The van der Waals surface area contributed by atoms with Crippen LogP contribution in [0.5, 0.6) is 5.75 Å². The Morgan fingerprint density at radius 3 is 1.38 bits per heavy atom. The molecule has 1 aromatic rings. The number of ether oxygens (including phenoxy) is 1. The van der Waals surface area contributed by atoms with Crippen LogP contribution in [0.1, 0.15) is 159 Å². The van der Waals surface area contributed by atoms with Crippen molar-refractivity contribution in [2.45, 2.75) is 148 Å². The lowest BCUT2D eigenvalue weighted by molar-refractivity contribution is 0.0497. The Morgan fingerprint density at radius 2 is 1.00 bits per heavy atom. The van der Waals surface area contributed by atoms with E-state index in [4.69, 9.17) is 4.74 Å². The molecule has 1 aromatic carbocycles. The van der Waals surface area contributed by atoms with Crippen molar-refractivity contribution >= 4 is 5.97 Å². The van der Waals surface area contributed by atoms with Gasteiger partial charge in [-0.3, -0.25) is 0 Å². The van der Waals surface area contributed by atoms with E-state index in [1.54, 1.807) is 18.2 Å². The summed E-state index contributed by atoms with van der Waals surface area (Å²) in [6.07, 6.45) is 30.2. The highest BCUT2D eigenvalue weighted by atomic mass is 16.5. The molecule has 0 bridgehead atoms. The van der Waals surface area contributed by atoms with Gasteiger partial charge in [-0.05, 0) is 24.6 Å². The van der Waals surface area contributed by atoms with Crippen molar-refractivity contribution in [2.75, 3.05) is 6.61 Å². The number of carbonyl (C=O) groups excluding carboxylic acids is 1. The molecule has 0 amide bonds. The molecule has 0 heterocycles. The molecule has 0 saturated carbocycles. The molecule has 0 saturated heterocycles. The third-order valence-corrected chi connectivity index (χ3v) is 6.81. The molecule has 1 rings (SSSR count). The summed E-state index contributed by atoms with van der Waals surface area (Å²) < 4.78 is 5.28. The van der Waals surface area contributed by atoms with Gasteiger partial charge < -0.3 is 9.84 Å². The maximum absolute atomic E-state index is 11.9. The summed E-state index contributed by atoms with van der Waals surface area (Å²) in [4.78, 5) is 11.9. The number of phenolic OH excluding ortho intramolecular Hbond substituents is 1. The van der Waals surface area contributed by atoms with Crippen LogP contribution in [0.15, 0.2) is 24.3 Å². The molecule has 0 fully saturated rings. The molecule has 0 aliphatic heterocycles. The normalized spacial score (nSPS) is 11.1. The van der Waals surface area contributed by atoms with E-state index in [0.29, 0.717) is 12.2 Å². The molecular formula is C31H54O3. The fourth-order valence-corrected chi connectivity index (χ4v) is 4.59. The number of carbonyl (C=O) groups is 1. The van der Waals surface area contributed by atoms with Crippen molar-refractivity contribution in [3.05, 3.63) is 29.8 Å². The molecule has 0 atom stereocenters. The van der Waals surface area contributed by atoms with E-state index >= 15 is 0 Å². The number of hydrogen-bond acceptors (Lipinski definition) is 3. The average molecular weight is 475 g/mol. The topological polar surface area (TPSA) is 46.5 Å². The average Bonchev–Trinajstić information content (AvgIpc) is 2.84. The summed E-state index contributed by atoms with van der Waals surface area (Å²) in [7, 11) is 0. The number of esters is 1. The van der Waals surface area contributed by atoms with Gasteiger partial charge in [0.25, 0.3) is 0 Å². The van der Waals surface area contributed by atoms with Gasteiger partial charge in [0.2, 0.25) is 0 Å². The fourth-order valence-electron chi connectivity index (χ4n) is 4.59. The Hall–Kier alpha value is -1.51. The molecule has 34 heavy (non-hydrogen) atoms. The van der Waals surface area contributed by atoms with E-state index in [-0.39, 0.29) is 11.7 Å². The van der Waals surface area contributed by atoms with Gasteiger partial charge in [-0.2, -0.15) is 0 Å². The van der Waals surface area contributed by atoms with Crippen molar-refractivity contribution in [3.8, 4) is 5.75 Å². The van der Waals surface area contributed by atoms with Gasteiger partial charge in [0.05, 0.1) is 12.2 Å². The molecule has 0 aromatic heterocycles. The standard InChI is InChI=1S/C31H54O3/c1-2-3-4-5-6-7-8-9-10-11-12-13-14-15-16-17-18-19-20-21-22-23-27-34-31(33)29-25-24-26-30(32)28-29/h24-26,28,32H,2-23,27H2,1H3. The van der Waals surface area contributed by atoms with Gasteiger partial charge in [-0.25, -0.2) is 4.79 Å². The van der Waals surface area contributed by atoms with Crippen LogP contribution in [0.2, 0.25) is 0 Å². The van der Waals surface area contributed by atoms with E-state index in [2.05, 4.69) is 6.92 Å². The van der Waals surface area contributed by atoms with Gasteiger partial charge in [-0.15, -0.1) is 0 Å². The third-order valence-electron chi connectivity index (χ3n) is 6.81. The van der Waals surface area contributed by atoms with E-state index in [1.807, 2.05) is 0 Å². The van der Waals surface area contributed by atoms with E-state index in [9.17, 15) is 9.90 Å². The number of hydrogen-bond donors (Lipinski definition) is 1. The zero-order valence-electron chi connectivity index (χ0n) is 22.3. The Kier molecular flexibility index (Phi) is 20.9. The first-order chi connectivity index (χ1) is 16.7. The Balaban J connectivity index is 1.72. The summed E-state index contributed by atoms with van der Waals surface area (Å²) in [5.41, 5.74) is 0.416. The molecule has 1 N–H and O–H groups in total. The summed E-state index contributed by atoms with van der Waals surface area (Å²) in [6.45, 7) is 2.76. The Bertz CT molecular complexity index is 584. The highest BCUT2D eigenvalue weighted by molar-refractivity contribution is 5.89. The van der Waals surface area contributed by atoms with Gasteiger partial charge >= 0.3 is 5.97 Å². The molecule has 0 aliphatic rings. The smallest absolute Gasteiger partial charge is 0.338 e. The van der Waals surface area contributed by atoms with Crippen molar-refractivity contribution in [1.82, 2.24) is 0 Å². The summed E-state index contributed by atoms with van der Waals surface area (Å²) in [5.74, 6) is -0.252. The predicted molar refractivity (Wildman–Crippen MR) is 146 cm³/mol. The number of aromatic hydroxyl groups is 1. The highest BCUT2D eigenvalue weighted by Gasteiger charge is 2.07. The van der Waals surface area contributed by atoms with Crippen LogP contribution in [0.25, 0.3) is 0 Å². The molecular weight excluding hydrogens is 420 g/mol. The summed E-state index contributed by atoms with van der Waals surface area (Å²) in [5, 5.41) is 9.41. The van der Waals surface area contributed by atoms with E-state index in [1.165, 1.54) is 134 Å². The van der Waals surface area contributed by atoms with Gasteiger partial charge in [0.15, 0.2) is 0 Å². The maximum atomic E-state index is 11.9. The molecule has 0 radical (unpaired) electrons. The first kappa shape index (κ1) is 30.5. The van der Waals surface area contributed by atoms with E-state index in [0.717, 1.165) is 12.8 Å². The van der Waals surface area contributed by atoms with Crippen molar-refractivity contribution < 1.29 is 14.6 Å². The van der Waals surface area contributed by atoms with E-state index < -0.39 is 0 Å². The summed E-state index contributed by atoms with van der Waals surface area (Å²) in [6, 6.07) is 6.32. The molecule has 3 nitrogen and oxygen atoms in total. The largest absolute Gasteiger partial charge is 0.508 e. The van der Waals surface area contributed by atoms with Gasteiger partial charge in [0.1, 0.15) is 5.75 Å². The zero-order valence-corrected chi connectivity index (χ0v) is 22.3. The van der Waals surface area contributed by atoms with Crippen LogP contribution in [-0.4, -0.2) is 17.7 Å². The van der Waals surface area contributed by atoms with Crippen LogP contribution in [0.3, 0.4) is 0 Å². The van der Waals surface area contributed by atoms with Crippen LogP contribution >= 0.6 is 0 Å². The van der Waals surface area contributed by atoms with Gasteiger partial charge in [-0.1, -0.05) is 148 Å². The minimum Gasteiger partial charge on any atom is -0.508 e. The minimum atomic E-state index is -0.348. The van der Waals surface area contributed by atoms with Crippen LogP contribution in [-0.2, 0) is 4.74 Å². The van der Waals surface area contributed by atoms with Crippen molar-refractivity contribution in [1.29, 1.82) is 0 Å². The van der Waals surface area contributed by atoms with Crippen molar-refractivity contribution in [3.63, 3.8) is 0 Å². The third kappa shape index (κ3) is 18.9. The molecule has 0 aliphatic carbocycles. The van der Waals surface area contributed by atoms with Crippen LogP contribution < -0.4 is 0 Å². The molecule has 3 heteroatoms. The Morgan fingerprint density at radius 1 is 0.618 bits per heavy atom. The second kappa shape index (κ2) is 23.2. The predicted octanol–water partition coefficient (Wildman–Crippen LogP) is 10.2. The first-order valence-electron chi connectivity index (χ1n) is 14.7. The Labute approximate surface area is 211 Å². The number of unbranched alkanes of at least 4 members (excludes halogenated alkanes) is 21. The quantitative estimate of drug-likeness (QED) is 0.120. The first-order valence-corrected chi connectivity index (χ1v) is 14.7. The minimum absolute atomic E-state index is 0.0961. The van der Waals surface area contributed by atoms with Crippen molar-refractivity contribution in [2.24, 2.45) is 0 Å². The number of phenols is 1.